The Morgan fingerprint density at radius 2 is 1.10 bits per heavy atom. The van der Waals surface area contributed by atoms with Crippen LogP contribution in [-0.2, 0) is 14.3 Å². The number of hydrogen-bond donors (Lipinski definition) is 0. The molecule has 3 aliphatic rings. The molecule has 214 valence electrons. The molecule has 40 heavy (non-hydrogen) atoms. The Labute approximate surface area is 235 Å². The molecule has 9 heteroatoms. The standard InChI is InChI=1S/C31H38N2O7/c1-35-29-19-23(3-7-27(29)39-21-32-9-13-37-14-10-32)17-25-5-6-26(31(25)34)18-24-4-8-28(30(20-24)36-2)40-22-33-11-15-38-16-12-33/h3-4,7-8,17-20H,5-6,9-16,21-22H2,1-2H3/b25-17+,26-18+. The first kappa shape index (κ1) is 28.2. The first-order chi connectivity index (χ1) is 19.6. The molecule has 2 aromatic rings. The van der Waals surface area contributed by atoms with Gasteiger partial charge in [-0.2, -0.15) is 0 Å². The summed E-state index contributed by atoms with van der Waals surface area (Å²) < 4.78 is 33.9. The smallest absolute Gasteiger partial charge is 0.185 e. The minimum atomic E-state index is 0.0678. The summed E-state index contributed by atoms with van der Waals surface area (Å²) in [5.41, 5.74) is 3.38. The van der Waals surface area contributed by atoms with E-state index in [1.165, 1.54) is 0 Å². The zero-order valence-corrected chi connectivity index (χ0v) is 23.4. The van der Waals surface area contributed by atoms with E-state index in [1.54, 1.807) is 14.2 Å². The van der Waals surface area contributed by atoms with E-state index in [0.29, 0.717) is 49.3 Å². The van der Waals surface area contributed by atoms with Gasteiger partial charge in [-0.15, -0.1) is 0 Å². The highest BCUT2D eigenvalue weighted by Gasteiger charge is 2.23. The van der Waals surface area contributed by atoms with Crippen molar-refractivity contribution < 1.29 is 33.2 Å². The molecule has 1 saturated carbocycles. The van der Waals surface area contributed by atoms with E-state index in [0.717, 1.165) is 74.9 Å². The normalized spacial score (nSPS) is 20.7. The van der Waals surface area contributed by atoms with Gasteiger partial charge in [-0.1, -0.05) is 12.1 Å². The lowest BCUT2D eigenvalue weighted by Crippen LogP contribution is -2.38. The highest BCUT2D eigenvalue weighted by atomic mass is 16.5. The summed E-state index contributed by atoms with van der Waals surface area (Å²) in [6.45, 7) is 7.26. The van der Waals surface area contributed by atoms with Crippen LogP contribution in [0, 0.1) is 0 Å². The summed E-state index contributed by atoms with van der Waals surface area (Å²) in [5.74, 6) is 2.72. The maximum atomic E-state index is 13.2. The Kier molecular flexibility index (Phi) is 9.72. The molecule has 2 heterocycles. The summed E-state index contributed by atoms with van der Waals surface area (Å²) in [4.78, 5) is 17.6. The zero-order valence-electron chi connectivity index (χ0n) is 23.4. The molecule has 0 aromatic heterocycles. The summed E-state index contributed by atoms with van der Waals surface area (Å²) in [5, 5.41) is 0. The van der Waals surface area contributed by atoms with Crippen LogP contribution in [0.5, 0.6) is 23.0 Å². The number of ether oxygens (including phenoxy) is 6. The van der Waals surface area contributed by atoms with Crippen LogP contribution in [0.4, 0.5) is 0 Å². The Balaban J connectivity index is 1.23. The van der Waals surface area contributed by atoms with Crippen LogP contribution in [0.2, 0.25) is 0 Å². The van der Waals surface area contributed by atoms with Crippen molar-refractivity contribution in [2.75, 3.05) is 80.3 Å². The molecule has 9 nitrogen and oxygen atoms in total. The van der Waals surface area contributed by atoms with Crippen LogP contribution >= 0.6 is 0 Å². The molecule has 0 unspecified atom stereocenters. The molecule has 0 atom stereocenters. The number of hydrogen-bond acceptors (Lipinski definition) is 9. The number of rotatable bonds is 10. The number of morpholine rings is 2. The van der Waals surface area contributed by atoms with Crippen molar-refractivity contribution in [2.45, 2.75) is 12.8 Å². The lowest BCUT2D eigenvalue weighted by molar-refractivity contribution is -0.111. The van der Waals surface area contributed by atoms with Gasteiger partial charge in [0.2, 0.25) is 0 Å². The molecular weight excluding hydrogens is 512 g/mol. The molecule has 0 N–H and O–H groups in total. The maximum absolute atomic E-state index is 13.2. The molecule has 0 spiro atoms. The van der Waals surface area contributed by atoms with Crippen molar-refractivity contribution in [3.8, 4) is 23.0 Å². The second kappa shape index (κ2) is 13.8. The van der Waals surface area contributed by atoms with Crippen molar-refractivity contribution in [3.63, 3.8) is 0 Å². The van der Waals surface area contributed by atoms with E-state index in [9.17, 15) is 4.79 Å². The largest absolute Gasteiger partial charge is 0.493 e. The predicted molar refractivity (Wildman–Crippen MR) is 152 cm³/mol. The number of Topliss-reactive ketones (excluding diaryl/α,β-unsaturated/α-hetero) is 1. The summed E-state index contributed by atoms with van der Waals surface area (Å²) in [6.07, 6.45) is 5.28. The van der Waals surface area contributed by atoms with Gasteiger partial charge in [0.05, 0.1) is 40.6 Å². The summed E-state index contributed by atoms with van der Waals surface area (Å²) >= 11 is 0. The number of carbonyl (C=O) groups excluding carboxylic acids is 1. The number of methoxy groups -OCH3 is 2. The van der Waals surface area contributed by atoms with E-state index >= 15 is 0 Å². The summed E-state index contributed by atoms with van der Waals surface area (Å²) in [7, 11) is 3.26. The van der Waals surface area contributed by atoms with Crippen LogP contribution in [-0.4, -0.2) is 95.9 Å². The third-order valence-corrected chi connectivity index (χ3v) is 7.32. The average molecular weight is 551 g/mol. The van der Waals surface area contributed by atoms with Crippen LogP contribution < -0.4 is 18.9 Å². The molecular formula is C31H38N2O7. The third-order valence-electron chi connectivity index (χ3n) is 7.32. The van der Waals surface area contributed by atoms with E-state index in [2.05, 4.69) is 9.80 Å². The van der Waals surface area contributed by atoms with E-state index in [1.807, 2.05) is 48.6 Å². The lowest BCUT2D eigenvalue weighted by Gasteiger charge is -2.26. The first-order valence-electron chi connectivity index (χ1n) is 13.8. The van der Waals surface area contributed by atoms with Gasteiger partial charge in [0.15, 0.2) is 28.8 Å². The van der Waals surface area contributed by atoms with Crippen LogP contribution in [0.15, 0.2) is 47.5 Å². The molecule has 5 rings (SSSR count). The monoisotopic (exact) mass is 550 g/mol. The molecule has 0 radical (unpaired) electrons. The Morgan fingerprint density at radius 1 is 0.675 bits per heavy atom. The lowest BCUT2D eigenvalue weighted by atomic mass is 10.1. The number of nitrogens with zero attached hydrogens (tertiary/aromatic N) is 2. The van der Waals surface area contributed by atoms with Gasteiger partial charge in [0.1, 0.15) is 13.5 Å². The molecule has 2 aromatic carbocycles. The van der Waals surface area contributed by atoms with Gasteiger partial charge < -0.3 is 28.4 Å². The first-order valence-corrected chi connectivity index (χ1v) is 13.8. The topological polar surface area (TPSA) is 78.9 Å². The SMILES string of the molecule is COc1cc(/C=C2\CC/C(=C\c3ccc(OCN4CCOCC4)c(OC)c3)C2=O)ccc1OCN1CCOCC1. The van der Waals surface area contributed by atoms with E-state index in [-0.39, 0.29) is 5.78 Å². The van der Waals surface area contributed by atoms with Crippen molar-refractivity contribution >= 4 is 17.9 Å². The fourth-order valence-corrected chi connectivity index (χ4v) is 4.95. The van der Waals surface area contributed by atoms with Gasteiger partial charge in [0, 0.05) is 37.3 Å². The maximum Gasteiger partial charge on any atom is 0.185 e. The van der Waals surface area contributed by atoms with Crippen molar-refractivity contribution in [3.05, 3.63) is 58.7 Å². The Bertz CT molecular complexity index is 1140. The van der Waals surface area contributed by atoms with E-state index in [4.69, 9.17) is 28.4 Å². The highest BCUT2D eigenvalue weighted by molar-refractivity contribution is 6.15. The molecule has 0 amide bonds. The van der Waals surface area contributed by atoms with Gasteiger partial charge in [-0.25, -0.2) is 0 Å². The van der Waals surface area contributed by atoms with E-state index < -0.39 is 0 Å². The molecule has 3 fully saturated rings. The molecule has 2 aliphatic heterocycles. The second-order valence-electron chi connectivity index (χ2n) is 10.00. The number of carbonyl (C=O) groups is 1. The van der Waals surface area contributed by atoms with Gasteiger partial charge in [0.25, 0.3) is 0 Å². The van der Waals surface area contributed by atoms with Crippen molar-refractivity contribution in [2.24, 2.45) is 0 Å². The minimum absolute atomic E-state index is 0.0678. The summed E-state index contributed by atoms with van der Waals surface area (Å²) in [6, 6.07) is 11.5. The Morgan fingerprint density at radius 3 is 1.50 bits per heavy atom. The number of ketones is 1. The van der Waals surface area contributed by atoms with Crippen LogP contribution in [0.3, 0.4) is 0 Å². The van der Waals surface area contributed by atoms with Gasteiger partial charge in [-0.05, 0) is 60.4 Å². The zero-order chi connectivity index (χ0) is 27.7. The molecule has 1 aliphatic carbocycles. The van der Waals surface area contributed by atoms with Crippen molar-refractivity contribution in [1.29, 1.82) is 0 Å². The minimum Gasteiger partial charge on any atom is -0.493 e. The second-order valence-corrected chi connectivity index (χ2v) is 10.00. The fourth-order valence-electron chi connectivity index (χ4n) is 4.95. The average Bonchev–Trinajstić information content (AvgIpc) is 3.34. The van der Waals surface area contributed by atoms with Crippen molar-refractivity contribution in [1.82, 2.24) is 9.80 Å². The quantitative estimate of drug-likeness (QED) is 0.410. The van der Waals surface area contributed by atoms with Gasteiger partial charge in [-0.3, -0.25) is 14.6 Å². The van der Waals surface area contributed by atoms with Gasteiger partial charge >= 0.3 is 0 Å². The number of benzene rings is 2. The Hall–Kier alpha value is -3.37. The third kappa shape index (κ3) is 7.22. The number of allylic oxidation sites excluding steroid dienone is 2. The highest BCUT2D eigenvalue weighted by Crippen LogP contribution is 2.34. The fraction of sp³-hybridized carbons (Fsp3) is 0.452. The molecule has 2 saturated heterocycles. The van der Waals surface area contributed by atoms with Crippen LogP contribution in [0.25, 0.3) is 12.2 Å². The van der Waals surface area contributed by atoms with Crippen LogP contribution in [0.1, 0.15) is 24.0 Å². The predicted octanol–water partition coefficient (Wildman–Crippen LogP) is 3.87. The molecule has 0 bridgehead atoms.